The predicted octanol–water partition coefficient (Wildman–Crippen LogP) is 7.92. The van der Waals surface area contributed by atoms with E-state index in [0.29, 0.717) is 44.1 Å². The van der Waals surface area contributed by atoms with E-state index < -0.39 is 0 Å². The lowest BCUT2D eigenvalue weighted by Crippen LogP contribution is -2.23. The quantitative estimate of drug-likeness (QED) is 0.196. The number of benzene rings is 3. The van der Waals surface area contributed by atoms with Crippen LogP contribution in [0.5, 0.6) is 5.75 Å². The summed E-state index contributed by atoms with van der Waals surface area (Å²) in [4.78, 5) is 18.0. The highest BCUT2D eigenvalue weighted by Crippen LogP contribution is 2.33. The minimum atomic E-state index is -0.246. The average molecular weight is 669 g/mol. The molecule has 1 heterocycles. The van der Waals surface area contributed by atoms with Gasteiger partial charge in [0.1, 0.15) is 18.2 Å². The maximum Gasteiger partial charge on any atom is 0.282 e. The van der Waals surface area contributed by atoms with E-state index >= 15 is 0 Å². The fourth-order valence-corrected chi connectivity index (χ4v) is 4.91. The number of hydrogen-bond donors (Lipinski definition) is 0. The van der Waals surface area contributed by atoms with Gasteiger partial charge in [-0.1, -0.05) is 69.4 Å². The molecule has 0 atom stereocenters. The average Bonchev–Trinajstić information content (AvgIpc) is 2.79. The minimum Gasteiger partial charge on any atom is -0.487 e. The van der Waals surface area contributed by atoms with Gasteiger partial charge in [0.05, 0.1) is 21.6 Å². The van der Waals surface area contributed by atoms with E-state index in [9.17, 15) is 4.79 Å². The van der Waals surface area contributed by atoms with Crippen LogP contribution < -0.4 is 10.3 Å². The van der Waals surface area contributed by atoms with Crippen molar-refractivity contribution < 1.29 is 4.74 Å². The van der Waals surface area contributed by atoms with Crippen LogP contribution in [0.15, 0.2) is 77.9 Å². The molecule has 3 aromatic carbocycles. The van der Waals surface area contributed by atoms with Gasteiger partial charge in [-0.15, -0.1) is 0 Å². The van der Waals surface area contributed by atoms with E-state index in [1.54, 1.807) is 24.4 Å². The Hall–Kier alpha value is -2.00. The van der Waals surface area contributed by atoms with Crippen LogP contribution in [0.2, 0.25) is 5.02 Å². The first-order chi connectivity index (χ1) is 16.2. The zero-order valence-corrected chi connectivity index (χ0v) is 23.7. The van der Waals surface area contributed by atoms with Crippen molar-refractivity contribution in [3.8, 4) is 5.75 Å². The Balaban J connectivity index is 1.76. The molecule has 0 saturated heterocycles. The summed E-state index contributed by atoms with van der Waals surface area (Å²) in [6.45, 7) is 4.31. The van der Waals surface area contributed by atoms with Gasteiger partial charge in [0.25, 0.3) is 5.56 Å². The zero-order chi connectivity index (χ0) is 24.4. The summed E-state index contributed by atoms with van der Waals surface area (Å²) in [5, 5.41) is 5.52. The fraction of sp³-hybridized carbons (Fsp3) is 0.160. The molecule has 174 valence electrons. The van der Waals surface area contributed by atoms with Crippen LogP contribution in [-0.2, 0) is 6.61 Å². The number of halogens is 4. The Labute approximate surface area is 227 Å². The Kier molecular flexibility index (Phi) is 7.92. The smallest absolute Gasteiger partial charge is 0.282 e. The van der Waals surface area contributed by atoms with E-state index in [4.69, 9.17) is 16.3 Å². The third-order valence-corrected chi connectivity index (χ3v) is 6.82. The fourth-order valence-electron chi connectivity index (χ4n) is 3.34. The highest BCUT2D eigenvalue weighted by molar-refractivity contribution is 9.11. The molecule has 0 aliphatic rings. The third kappa shape index (κ3) is 5.62. The first-order valence-electron chi connectivity index (χ1n) is 10.4. The molecular formula is C25H19Br3ClN3O2. The lowest BCUT2D eigenvalue weighted by Gasteiger charge is -2.14. The Morgan fingerprint density at radius 2 is 1.76 bits per heavy atom. The number of fused-ring (bicyclic) bond motifs is 1. The molecule has 34 heavy (non-hydrogen) atoms. The van der Waals surface area contributed by atoms with Crippen molar-refractivity contribution in [3.05, 3.63) is 100 Å². The molecule has 1 aromatic heterocycles. The van der Waals surface area contributed by atoms with E-state index in [1.165, 1.54) is 4.68 Å². The van der Waals surface area contributed by atoms with E-state index in [2.05, 4.69) is 57.9 Å². The molecule has 9 heteroatoms. The summed E-state index contributed by atoms with van der Waals surface area (Å²) < 4.78 is 9.94. The van der Waals surface area contributed by atoms with Crippen LogP contribution in [-0.4, -0.2) is 15.9 Å². The van der Waals surface area contributed by atoms with Crippen LogP contribution in [0.25, 0.3) is 10.9 Å². The Morgan fingerprint density at radius 3 is 2.47 bits per heavy atom. The van der Waals surface area contributed by atoms with Crippen molar-refractivity contribution in [1.82, 2.24) is 9.66 Å². The lowest BCUT2D eigenvalue weighted by molar-refractivity contribution is 0.304. The topological polar surface area (TPSA) is 56.5 Å². The second kappa shape index (κ2) is 10.7. The maximum atomic E-state index is 13.3. The van der Waals surface area contributed by atoms with Gasteiger partial charge in [0, 0.05) is 25.4 Å². The van der Waals surface area contributed by atoms with Gasteiger partial charge < -0.3 is 4.74 Å². The van der Waals surface area contributed by atoms with Gasteiger partial charge in [0.15, 0.2) is 0 Å². The number of rotatable bonds is 6. The number of hydrogen-bond acceptors (Lipinski definition) is 4. The van der Waals surface area contributed by atoms with Crippen molar-refractivity contribution in [2.24, 2.45) is 5.10 Å². The van der Waals surface area contributed by atoms with Crippen LogP contribution in [0, 0.1) is 0 Å². The lowest BCUT2D eigenvalue weighted by atomic mass is 10.2. The highest BCUT2D eigenvalue weighted by atomic mass is 79.9. The summed E-state index contributed by atoms with van der Waals surface area (Å²) in [6, 6.07) is 16.8. The van der Waals surface area contributed by atoms with E-state index in [0.717, 1.165) is 14.5 Å². The molecule has 0 unspecified atom stereocenters. The molecular weight excluding hydrogens is 649 g/mol. The molecule has 4 aromatic rings. The first kappa shape index (κ1) is 25.1. The predicted molar refractivity (Wildman–Crippen MR) is 148 cm³/mol. The van der Waals surface area contributed by atoms with Crippen molar-refractivity contribution in [1.29, 1.82) is 0 Å². The number of nitrogens with zero attached hydrogens (tertiary/aromatic N) is 3. The largest absolute Gasteiger partial charge is 0.487 e. The molecule has 0 radical (unpaired) electrons. The van der Waals surface area contributed by atoms with Gasteiger partial charge in [-0.05, 0) is 64.0 Å². The second-order valence-corrected chi connectivity index (χ2v) is 11.0. The summed E-state index contributed by atoms with van der Waals surface area (Å²) in [7, 11) is 0. The van der Waals surface area contributed by atoms with Gasteiger partial charge >= 0.3 is 0 Å². The van der Waals surface area contributed by atoms with Crippen molar-refractivity contribution in [3.63, 3.8) is 0 Å². The van der Waals surface area contributed by atoms with Crippen molar-refractivity contribution in [2.75, 3.05) is 0 Å². The first-order valence-corrected chi connectivity index (χ1v) is 13.1. The summed E-state index contributed by atoms with van der Waals surface area (Å²) in [5.41, 5.74) is 2.03. The van der Waals surface area contributed by atoms with Gasteiger partial charge in [0.2, 0.25) is 0 Å². The standard InChI is InChI=1S/C25H19Br3ClN3O2/c1-14(2)24-31-22-8-7-18(27)10-20(22)25(33)32(24)30-12-16-9-19(29)11-21(28)23(16)34-13-15-3-5-17(26)6-4-15/h3-12,14H,13H2,1-2H3. The Bertz CT molecular complexity index is 1450. The van der Waals surface area contributed by atoms with E-state index in [1.807, 2.05) is 50.2 Å². The number of ether oxygens (including phenoxy) is 1. The minimum absolute atomic E-state index is 0.0166. The molecule has 0 spiro atoms. The molecule has 0 bridgehead atoms. The highest BCUT2D eigenvalue weighted by Gasteiger charge is 2.15. The van der Waals surface area contributed by atoms with Crippen LogP contribution in [0.4, 0.5) is 0 Å². The monoisotopic (exact) mass is 665 g/mol. The number of aromatic nitrogens is 2. The van der Waals surface area contributed by atoms with Gasteiger partial charge in [-0.2, -0.15) is 9.78 Å². The molecule has 5 nitrogen and oxygen atoms in total. The molecule has 0 aliphatic heterocycles. The molecule has 0 aliphatic carbocycles. The van der Waals surface area contributed by atoms with E-state index in [-0.39, 0.29) is 11.5 Å². The van der Waals surface area contributed by atoms with Crippen LogP contribution in [0.1, 0.15) is 36.7 Å². The van der Waals surface area contributed by atoms with Crippen LogP contribution >= 0.6 is 59.4 Å². The summed E-state index contributed by atoms with van der Waals surface area (Å²) in [6.07, 6.45) is 1.58. The normalized spacial score (nSPS) is 11.6. The second-order valence-electron chi connectivity index (χ2n) is 7.87. The maximum absolute atomic E-state index is 13.3. The molecule has 0 saturated carbocycles. The van der Waals surface area contributed by atoms with Gasteiger partial charge in [-0.25, -0.2) is 4.98 Å². The van der Waals surface area contributed by atoms with Gasteiger partial charge in [-0.3, -0.25) is 4.79 Å². The SMILES string of the molecule is CC(C)c1nc2ccc(Br)cc2c(=O)n1N=Cc1cc(Cl)cc(Br)c1OCc1ccc(Br)cc1. The molecule has 0 N–H and O–H groups in total. The van der Waals surface area contributed by atoms with Crippen molar-refractivity contribution in [2.45, 2.75) is 26.4 Å². The Morgan fingerprint density at radius 1 is 1.06 bits per heavy atom. The molecule has 4 rings (SSSR count). The summed E-state index contributed by atoms with van der Waals surface area (Å²) in [5.74, 6) is 1.12. The molecule has 0 fully saturated rings. The van der Waals surface area contributed by atoms with Crippen molar-refractivity contribution >= 4 is 76.5 Å². The molecule has 0 amide bonds. The summed E-state index contributed by atoms with van der Waals surface area (Å²) >= 11 is 16.7. The van der Waals surface area contributed by atoms with Crippen LogP contribution in [0.3, 0.4) is 0 Å². The zero-order valence-electron chi connectivity index (χ0n) is 18.2. The third-order valence-electron chi connectivity index (χ3n) is 5.00.